The third-order valence-electron chi connectivity index (χ3n) is 5.40. The smallest absolute Gasteiger partial charge is 0.355 e. The van der Waals surface area contributed by atoms with Gasteiger partial charge in [0.2, 0.25) is 0 Å². The average molecular weight is 481 g/mol. The largest absolute Gasteiger partial charge is 0.481 e. The Kier molecular flexibility index (Phi) is 16.2. The highest BCUT2D eigenvalue weighted by Gasteiger charge is 2.54. The van der Waals surface area contributed by atoms with E-state index in [0.717, 1.165) is 19.3 Å². The molecule has 10 heteroatoms. The summed E-state index contributed by atoms with van der Waals surface area (Å²) in [7, 11) is -5.37. The second-order valence-corrected chi connectivity index (χ2v) is 9.84. The molecule has 0 aromatic carbocycles. The summed E-state index contributed by atoms with van der Waals surface area (Å²) in [5, 5.41) is 17.9. The number of carbonyl (C=O) groups is 3. The number of unbranched alkanes of at least 4 members (excludes halogenated alkanes) is 12. The summed E-state index contributed by atoms with van der Waals surface area (Å²) >= 11 is 0. The normalized spacial score (nSPS) is 13.6. The van der Waals surface area contributed by atoms with Crippen LogP contribution in [0.2, 0.25) is 0 Å². The number of Topliss-reactive ketones (excluding diaryl/α,β-unsaturated/α-hetero) is 1. The van der Waals surface area contributed by atoms with E-state index in [9.17, 15) is 22.8 Å². The first kappa shape index (κ1) is 30.5. The van der Waals surface area contributed by atoms with Gasteiger partial charge in [-0.15, -0.1) is 0 Å². The van der Waals surface area contributed by atoms with Gasteiger partial charge in [-0.2, -0.15) is 8.42 Å². The lowest BCUT2D eigenvalue weighted by atomic mass is 10.0. The topological polar surface area (TPSA) is 155 Å². The first-order chi connectivity index (χ1) is 15.1. The van der Waals surface area contributed by atoms with E-state index in [4.69, 9.17) is 19.5 Å². The molecule has 188 valence electrons. The van der Waals surface area contributed by atoms with Gasteiger partial charge >= 0.3 is 27.0 Å². The van der Waals surface area contributed by atoms with Crippen LogP contribution in [0.4, 0.5) is 0 Å². The molecule has 0 aliphatic heterocycles. The summed E-state index contributed by atoms with van der Waals surface area (Å²) in [5.74, 6) is -4.16. The van der Waals surface area contributed by atoms with E-state index in [2.05, 4.69) is 6.92 Å². The molecule has 0 aliphatic carbocycles. The number of hydrogen-bond donors (Lipinski definition) is 3. The molecule has 0 saturated carbocycles. The van der Waals surface area contributed by atoms with Crippen molar-refractivity contribution in [3.63, 3.8) is 0 Å². The van der Waals surface area contributed by atoms with Crippen LogP contribution in [0.15, 0.2) is 0 Å². The van der Waals surface area contributed by atoms with Gasteiger partial charge in [-0.05, 0) is 6.42 Å². The second-order valence-electron chi connectivity index (χ2n) is 8.23. The minimum atomic E-state index is -5.37. The standard InChI is InChI=1S/C22H40O9S/c1-2-3-4-5-6-7-8-9-10-11-12-13-14-15-19(23)16-17-31-22(21(26)27,18-20(24)25)32(28,29)30/h2-18H2,1H3,(H,24,25)(H,26,27)(H,28,29,30). The van der Waals surface area contributed by atoms with E-state index in [-0.39, 0.29) is 18.6 Å². The van der Waals surface area contributed by atoms with Gasteiger partial charge in [-0.3, -0.25) is 14.1 Å². The van der Waals surface area contributed by atoms with Crippen LogP contribution in [-0.2, 0) is 29.2 Å². The molecule has 0 spiro atoms. The zero-order valence-electron chi connectivity index (χ0n) is 19.2. The molecule has 0 bridgehead atoms. The van der Waals surface area contributed by atoms with Crippen molar-refractivity contribution < 1.29 is 42.3 Å². The lowest BCUT2D eigenvalue weighted by Gasteiger charge is -2.24. The van der Waals surface area contributed by atoms with Gasteiger partial charge in [0.25, 0.3) is 0 Å². The fraction of sp³-hybridized carbons (Fsp3) is 0.864. The van der Waals surface area contributed by atoms with Crippen molar-refractivity contribution in [2.45, 2.75) is 115 Å². The van der Waals surface area contributed by atoms with Crippen LogP contribution < -0.4 is 0 Å². The molecule has 9 nitrogen and oxygen atoms in total. The van der Waals surface area contributed by atoms with Crippen LogP contribution in [0.1, 0.15) is 110 Å². The summed E-state index contributed by atoms with van der Waals surface area (Å²) in [6.07, 6.45) is 13.8. The van der Waals surface area contributed by atoms with Gasteiger partial charge in [-0.25, -0.2) is 4.79 Å². The van der Waals surface area contributed by atoms with Crippen molar-refractivity contribution >= 4 is 27.8 Å². The van der Waals surface area contributed by atoms with Crippen molar-refractivity contribution in [3.05, 3.63) is 0 Å². The highest BCUT2D eigenvalue weighted by molar-refractivity contribution is 7.88. The summed E-state index contributed by atoms with van der Waals surface area (Å²) in [6.45, 7) is 1.60. The lowest BCUT2D eigenvalue weighted by molar-refractivity contribution is -0.162. The van der Waals surface area contributed by atoms with E-state index in [1.54, 1.807) is 0 Å². The quantitative estimate of drug-likeness (QED) is 0.149. The molecule has 0 rings (SSSR count). The number of ketones is 1. The van der Waals surface area contributed by atoms with Gasteiger partial charge in [0.1, 0.15) is 12.2 Å². The molecule has 32 heavy (non-hydrogen) atoms. The molecule has 0 aromatic heterocycles. The summed E-state index contributed by atoms with van der Waals surface area (Å²) in [5.41, 5.74) is 0. The van der Waals surface area contributed by atoms with Crippen LogP contribution in [0.3, 0.4) is 0 Å². The van der Waals surface area contributed by atoms with Crippen LogP contribution in [-0.4, -0.2) is 52.4 Å². The Balaban J connectivity index is 3.95. The van der Waals surface area contributed by atoms with Crippen molar-refractivity contribution in [1.29, 1.82) is 0 Å². The number of carboxylic acids is 2. The number of ether oxygens (including phenoxy) is 1. The van der Waals surface area contributed by atoms with Gasteiger partial charge in [-0.1, -0.05) is 84.0 Å². The maximum Gasteiger partial charge on any atom is 0.355 e. The number of carboxylic acid groups (broad SMARTS) is 2. The highest BCUT2D eigenvalue weighted by Crippen LogP contribution is 2.24. The molecule has 0 radical (unpaired) electrons. The Hall–Kier alpha value is -1.52. The van der Waals surface area contributed by atoms with E-state index in [1.165, 1.54) is 57.8 Å². The predicted octanol–water partition coefficient (Wildman–Crippen LogP) is 4.59. The molecule has 1 atom stereocenters. The number of rotatable bonds is 22. The Bertz CT molecular complexity index is 660. The maximum absolute atomic E-state index is 11.9. The van der Waals surface area contributed by atoms with Crippen LogP contribution in [0, 0.1) is 0 Å². The second kappa shape index (κ2) is 17.0. The fourth-order valence-corrected chi connectivity index (χ4v) is 4.22. The van der Waals surface area contributed by atoms with Crippen molar-refractivity contribution in [1.82, 2.24) is 0 Å². The van der Waals surface area contributed by atoms with E-state index in [0.29, 0.717) is 6.42 Å². The molecule has 0 aliphatic rings. The van der Waals surface area contributed by atoms with Crippen molar-refractivity contribution in [3.8, 4) is 0 Å². The lowest BCUT2D eigenvalue weighted by Crippen LogP contribution is -2.50. The summed E-state index contributed by atoms with van der Waals surface area (Å²) < 4.78 is 36.7. The van der Waals surface area contributed by atoms with E-state index >= 15 is 0 Å². The maximum atomic E-state index is 11.9. The fourth-order valence-electron chi connectivity index (χ4n) is 3.46. The first-order valence-electron chi connectivity index (χ1n) is 11.6. The monoisotopic (exact) mass is 480 g/mol. The van der Waals surface area contributed by atoms with Crippen molar-refractivity contribution in [2.75, 3.05) is 6.61 Å². The Morgan fingerprint density at radius 3 is 1.56 bits per heavy atom. The van der Waals surface area contributed by atoms with Gasteiger partial charge in [0, 0.05) is 12.8 Å². The van der Waals surface area contributed by atoms with Gasteiger partial charge in [0.15, 0.2) is 0 Å². The number of aliphatic carboxylic acids is 2. The molecule has 0 amide bonds. The zero-order valence-corrected chi connectivity index (χ0v) is 20.0. The van der Waals surface area contributed by atoms with Crippen LogP contribution in [0.25, 0.3) is 0 Å². The minimum absolute atomic E-state index is 0.238. The average Bonchev–Trinajstić information content (AvgIpc) is 2.69. The molecule has 0 saturated heterocycles. The number of carbonyl (C=O) groups excluding carboxylic acids is 1. The van der Waals surface area contributed by atoms with Crippen LogP contribution in [0.5, 0.6) is 0 Å². The molecular weight excluding hydrogens is 440 g/mol. The highest BCUT2D eigenvalue weighted by atomic mass is 32.2. The van der Waals surface area contributed by atoms with Gasteiger partial charge < -0.3 is 14.9 Å². The zero-order chi connectivity index (χ0) is 24.5. The van der Waals surface area contributed by atoms with E-state index in [1.807, 2.05) is 0 Å². The minimum Gasteiger partial charge on any atom is -0.481 e. The molecular formula is C22H40O9S. The van der Waals surface area contributed by atoms with Crippen LogP contribution >= 0.6 is 0 Å². The third-order valence-corrected chi connectivity index (χ3v) is 6.67. The number of hydrogen-bond acceptors (Lipinski definition) is 6. The Morgan fingerprint density at radius 1 is 0.750 bits per heavy atom. The van der Waals surface area contributed by atoms with Crippen molar-refractivity contribution in [2.24, 2.45) is 0 Å². The predicted molar refractivity (Wildman–Crippen MR) is 120 cm³/mol. The van der Waals surface area contributed by atoms with E-state index < -0.39 is 40.0 Å². The Morgan fingerprint density at radius 2 is 1.19 bits per heavy atom. The molecule has 3 N–H and O–H groups in total. The third kappa shape index (κ3) is 13.1. The van der Waals surface area contributed by atoms with Gasteiger partial charge in [0.05, 0.1) is 6.61 Å². The Labute approximate surface area is 191 Å². The molecule has 0 aromatic rings. The molecule has 0 heterocycles. The SMILES string of the molecule is CCCCCCCCCCCCCCCC(=O)CCOC(CC(=O)O)(C(=O)O)S(=O)(=O)O. The summed E-state index contributed by atoms with van der Waals surface area (Å²) in [4.78, 5) is 30.7. The summed E-state index contributed by atoms with van der Waals surface area (Å²) in [6, 6.07) is 0. The first-order valence-corrected chi connectivity index (χ1v) is 13.1. The molecule has 1 unspecified atom stereocenters. The molecule has 0 fully saturated rings.